The van der Waals surface area contributed by atoms with E-state index in [4.69, 9.17) is 5.73 Å². The van der Waals surface area contributed by atoms with Gasteiger partial charge in [-0.15, -0.1) is 0 Å². The zero-order chi connectivity index (χ0) is 20.5. The standard InChI is InChI=1S/C14H17F6N3O3/c1-6(2)12(25,14(18,19)20)5-22-10(24)9-8(21)4-7(13(15,16)17)11(23-9)26-3/h4,6,25H,5,21H2,1-3H3,(H,22,24). The molecule has 0 aliphatic heterocycles. The maximum atomic E-state index is 13.0. The minimum absolute atomic E-state index is 0.388. The van der Waals surface area contributed by atoms with Gasteiger partial charge in [-0.25, -0.2) is 4.98 Å². The third-order valence-corrected chi connectivity index (χ3v) is 3.70. The van der Waals surface area contributed by atoms with Gasteiger partial charge in [0, 0.05) is 0 Å². The van der Waals surface area contributed by atoms with Gasteiger partial charge in [0.15, 0.2) is 11.3 Å². The van der Waals surface area contributed by atoms with Crippen molar-refractivity contribution in [2.45, 2.75) is 31.8 Å². The molecule has 1 aromatic rings. The highest BCUT2D eigenvalue weighted by atomic mass is 19.4. The van der Waals surface area contributed by atoms with Crippen LogP contribution in [0.3, 0.4) is 0 Å². The summed E-state index contributed by atoms with van der Waals surface area (Å²) in [5.74, 6) is -3.57. The van der Waals surface area contributed by atoms with Crippen LogP contribution in [-0.2, 0) is 6.18 Å². The molecule has 0 saturated carbocycles. The summed E-state index contributed by atoms with van der Waals surface area (Å²) in [5, 5.41) is 11.6. The van der Waals surface area contributed by atoms with Gasteiger partial charge in [0.05, 0.1) is 19.3 Å². The van der Waals surface area contributed by atoms with Crippen LogP contribution in [0.2, 0.25) is 0 Å². The summed E-state index contributed by atoms with van der Waals surface area (Å²) >= 11 is 0. The highest BCUT2D eigenvalue weighted by molar-refractivity contribution is 5.97. The monoisotopic (exact) mass is 389 g/mol. The average molecular weight is 389 g/mol. The number of nitrogens with one attached hydrogen (secondary N) is 1. The van der Waals surface area contributed by atoms with Gasteiger partial charge in [0.25, 0.3) is 5.91 Å². The molecule has 0 fully saturated rings. The highest BCUT2D eigenvalue weighted by Gasteiger charge is 2.55. The summed E-state index contributed by atoms with van der Waals surface area (Å²) in [4.78, 5) is 15.3. The summed E-state index contributed by atoms with van der Waals surface area (Å²) in [7, 11) is 0.872. The first kappa shape index (κ1) is 21.8. The average Bonchev–Trinajstić information content (AvgIpc) is 2.49. The Labute approximate surface area is 144 Å². The number of ether oxygens (including phenoxy) is 1. The fourth-order valence-electron chi connectivity index (χ4n) is 1.98. The van der Waals surface area contributed by atoms with Crippen molar-refractivity contribution >= 4 is 11.6 Å². The Morgan fingerprint density at radius 1 is 1.31 bits per heavy atom. The fourth-order valence-corrected chi connectivity index (χ4v) is 1.98. The van der Waals surface area contributed by atoms with E-state index in [0.717, 1.165) is 21.0 Å². The van der Waals surface area contributed by atoms with Crippen molar-refractivity contribution in [1.29, 1.82) is 0 Å². The quantitative estimate of drug-likeness (QED) is 0.672. The molecule has 0 bridgehead atoms. The first-order valence-electron chi connectivity index (χ1n) is 7.14. The summed E-state index contributed by atoms with van der Waals surface area (Å²) in [5.41, 5.74) is -0.696. The van der Waals surface area contributed by atoms with Gasteiger partial charge < -0.3 is 20.9 Å². The van der Waals surface area contributed by atoms with Crippen molar-refractivity contribution in [3.8, 4) is 5.88 Å². The van der Waals surface area contributed by atoms with Gasteiger partial charge in [0.1, 0.15) is 5.56 Å². The number of nitrogens with zero attached hydrogens (tertiary/aromatic N) is 1. The van der Waals surface area contributed by atoms with E-state index < -0.39 is 59.1 Å². The van der Waals surface area contributed by atoms with Crippen LogP contribution in [0.25, 0.3) is 0 Å². The predicted molar refractivity (Wildman–Crippen MR) is 78.4 cm³/mol. The number of rotatable bonds is 5. The molecule has 1 amide bonds. The van der Waals surface area contributed by atoms with E-state index in [1.165, 1.54) is 0 Å². The molecule has 0 spiro atoms. The lowest BCUT2D eigenvalue weighted by Crippen LogP contribution is -2.57. The van der Waals surface area contributed by atoms with Crippen LogP contribution in [0, 0.1) is 5.92 Å². The lowest BCUT2D eigenvalue weighted by Gasteiger charge is -2.34. The maximum absolute atomic E-state index is 13.0. The number of methoxy groups -OCH3 is 1. The van der Waals surface area contributed by atoms with Gasteiger partial charge in [-0.05, 0) is 12.0 Å². The third kappa shape index (κ3) is 4.29. The van der Waals surface area contributed by atoms with Crippen LogP contribution in [0.5, 0.6) is 5.88 Å². The molecular formula is C14H17F6N3O3. The van der Waals surface area contributed by atoms with Crippen LogP contribution in [0.4, 0.5) is 32.0 Å². The number of aliphatic hydroxyl groups is 1. The molecule has 1 unspecified atom stereocenters. The number of halogens is 6. The molecular weight excluding hydrogens is 372 g/mol. The Bertz CT molecular complexity index is 675. The second-order valence-electron chi connectivity index (χ2n) is 5.74. The lowest BCUT2D eigenvalue weighted by molar-refractivity contribution is -0.272. The molecule has 0 aromatic carbocycles. The number of hydrogen-bond donors (Lipinski definition) is 3. The number of nitrogen functional groups attached to an aromatic ring is 1. The number of nitrogens with two attached hydrogens (primary N) is 1. The van der Waals surface area contributed by atoms with Gasteiger partial charge in [-0.2, -0.15) is 26.3 Å². The fraction of sp³-hybridized carbons (Fsp3) is 0.571. The number of carbonyl (C=O) groups is 1. The molecule has 1 rings (SSSR count). The molecule has 6 nitrogen and oxygen atoms in total. The maximum Gasteiger partial charge on any atom is 0.421 e. The van der Waals surface area contributed by atoms with E-state index in [0.29, 0.717) is 6.07 Å². The van der Waals surface area contributed by atoms with Crippen molar-refractivity contribution in [1.82, 2.24) is 10.3 Å². The Balaban J connectivity index is 3.15. The number of amides is 1. The van der Waals surface area contributed by atoms with E-state index in [2.05, 4.69) is 9.72 Å². The number of carbonyl (C=O) groups excluding carboxylic acids is 1. The van der Waals surface area contributed by atoms with E-state index in [1.54, 1.807) is 5.32 Å². The molecule has 26 heavy (non-hydrogen) atoms. The smallest absolute Gasteiger partial charge is 0.421 e. The highest BCUT2D eigenvalue weighted by Crippen LogP contribution is 2.37. The minimum Gasteiger partial charge on any atom is -0.481 e. The summed E-state index contributed by atoms with van der Waals surface area (Å²) in [6.45, 7) is 0.943. The summed E-state index contributed by atoms with van der Waals surface area (Å²) in [6.07, 6.45) is -9.92. The summed E-state index contributed by atoms with van der Waals surface area (Å²) in [6, 6.07) is 0.388. The molecule has 148 valence electrons. The van der Waals surface area contributed by atoms with E-state index in [9.17, 15) is 36.2 Å². The lowest BCUT2D eigenvalue weighted by atomic mass is 9.89. The van der Waals surface area contributed by atoms with Crippen LogP contribution in [0.15, 0.2) is 6.07 Å². The second-order valence-corrected chi connectivity index (χ2v) is 5.74. The predicted octanol–water partition coefficient (Wildman–Crippen LogP) is 2.37. The van der Waals surface area contributed by atoms with Gasteiger partial charge in [-0.1, -0.05) is 13.8 Å². The largest absolute Gasteiger partial charge is 0.481 e. The zero-order valence-electron chi connectivity index (χ0n) is 13.9. The molecule has 0 aliphatic carbocycles. The zero-order valence-corrected chi connectivity index (χ0v) is 13.9. The molecule has 12 heteroatoms. The van der Waals surface area contributed by atoms with E-state index >= 15 is 0 Å². The molecule has 1 heterocycles. The van der Waals surface area contributed by atoms with Gasteiger partial charge in [0.2, 0.25) is 5.88 Å². The van der Waals surface area contributed by atoms with Gasteiger partial charge >= 0.3 is 12.4 Å². The minimum atomic E-state index is -5.05. The SMILES string of the molecule is COc1nc(C(=O)NCC(O)(C(C)C)C(F)(F)F)c(N)cc1C(F)(F)F. The molecule has 0 saturated heterocycles. The van der Waals surface area contributed by atoms with E-state index in [1.807, 2.05) is 0 Å². The summed E-state index contributed by atoms with van der Waals surface area (Å²) < 4.78 is 82.0. The third-order valence-electron chi connectivity index (χ3n) is 3.70. The first-order chi connectivity index (χ1) is 11.6. The number of hydrogen-bond acceptors (Lipinski definition) is 5. The molecule has 1 atom stereocenters. The van der Waals surface area contributed by atoms with Gasteiger partial charge in [-0.3, -0.25) is 4.79 Å². The number of pyridine rings is 1. The Morgan fingerprint density at radius 2 is 1.85 bits per heavy atom. The molecule has 4 N–H and O–H groups in total. The Hall–Kier alpha value is -2.24. The van der Waals surface area contributed by atoms with E-state index in [-0.39, 0.29) is 0 Å². The normalized spacial score (nSPS) is 14.9. The van der Waals surface area contributed by atoms with Crippen LogP contribution in [-0.4, -0.2) is 41.4 Å². The molecule has 0 aliphatic rings. The van der Waals surface area contributed by atoms with Crippen molar-refractivity contribution in [2.24, 2.45) is 5.92 Å². The number of aromatic nitrogens is 1. The van der Waals surface area contributed by atoms with Crippen molar-refractivity contribution in [2.75, 3.05) is 19.4 Å². The number of anilines is 1. The first-order valence-corrected chi connectivity index (χ1v) is 7.14. The molecule has 0 radical (unpaired) electrons. The second kappa shape index (κ2) is 7.17. The van der Waals surface area contributed by atoms with Crippen molar-refractivity contribution in [3.05, 3.63) is 17.3 Å². The van der Waals surface area contributed by atoms with Crippen molar-refractivity contribution < 1.29 is 41.0 Å². The Kier molecular flexibility index (Phi) is 6.02. The number of alkyl halides is 6. The van der Waals surface area contributed by atoms with Crippen molar-refractivity contribution in [3.63, 3.8) is 0 Å². The van der Waals surface area contributed by atoms with Crippen LogP contribution < -0.4 is 15.8 Å². The topological polar surface area (TPSA) is 97.5 Å². The Morgan fingerprint density at radius 3 is 2.23 bits per heavy atom. The van der Waals surface area contributed by atoms with Crippen LogP contribution in [0.1, 0.15) is 29.9 Å². The molecule has 1 aromatic heterocycles. The van der Waals surface area contributed by atoms with Crippen LogP contribution >= 0.6 is 0 Å².